The Kier molecular flexibility index (Phi) is 4.83. The zero-order valence-corrected chi connectivity index (χ0v) is 12.3. The first-order valence-electron chi connectivity index (χ1n) is 7.27. The Morgan fingerprint density at radius 2 is 2.10 bits per heavy atom. The number of hydrogen-bond donors (Lipinski definition) is 2. The number of aliphatic carboxylic acids is 1. The lowest BCUT2D eigenvalue weighted by molar-refractivity contribution is -0.142. The lowest BCUT2D eigenvalue weighted by Gasteiger charge is -2.18. The lowest BCUT2D eigenvalue weighted by Crippen LogP contribution is -2.40. The average molecular weight is 291 g/mol. The molecule has 2 atom stereocenters. The van der Waals surface area contributed by atoms with E-state index in [-0.39, 0.29) is 18.1 Å². The van der Waals surface area contributed by atoms with Crippen molar-refractivity contribution in [3.8, 4) is 5.75 Å². The van der Waals surface area contributed by atoms with Crippen LogP contribution < -0.4 is 10.1 Å². The largest absolute Gasteiger partial charge is 0.491 e. The third-order valence-corrected chi connectivity index (χ3v) is 3.62. The molecule has 0 aliphatic heterocycles. The van der Waals surface area contributed by atoms with Gasteiger partial charge in [0, 0.05) is 11.6 Å². The van der Waals surface area contributed by atoms with Crippen LogP contribution in [0.1, 0.15) is 43.5 Å². The minimum Gasteiger partial charge on any atom is -0.491 e. The van der Waals surface area contributed by atoms with Gasteiger partial charge < -0.3 is 15.2 Å². The van der Waals surface area contributed by atoms with Crippen LogP contribution in [0.25, 0.3) is 0 Å². The van der Waals surface area contributed by atoms with Gasteiger partial charge in [-0.2, -0.15) is 0 Å². The number of amides is 1. The molecule has 1 saturated carbocycles. The molecule has 0 aromatic heterocycles. The molecular weight excluding hydrogens is 270 g/mol. The van der Waals surface area contributed by atoms with Gasteiger partial charge in [-0.1, -0.05) is 12.5 Å². The molecule has 0 saturated heterocycles. The molecule has 1 aromatic carbocycles. The molecule has 0 spiro atoms. The molecule has 1 fully saturated rings. The van der Waals surface area contributed by atoms with E-state index in [4.69, 9.17) is 9.84 Å². The quantitative estimate of drug-likeness (QED) is 0.873. The van der Waals surface area contributed by atoms with Gasteiger partial charge in [-0.15, -0.1) is 0 Å². The maximum absolute atomic E-state index is 12.2. The summed E-state index contributed by atoms with van der Waals surface area (Å²) in [5.74, 6) is -0.931. The van der Waals surface area contributed by atoms with Crippen molar-refractivity contribution in [1.82, 2.24) is 5.32 Å². The third-order valence-electron chi connectivity index (χ3n) is 3.62. The van der Waals surface area contributed by atoms with Gasteiger partial charge in [0.1, 0.15) is 5.75 Å². The van der Waals surface area contributed by atoms with Crippen LogP contribution in [0.2, 0.25) is 0 Å². The highest BCUT2D eigenvalue weighted by Crippen LogP contribution is 2.26. The molecule has 0 heterocycles. The summed E-state index contributed by atoms with van der Waals surface area (Å²) >= 11 is 0. The summed E-state index contributed by atoms with van der Waals surface area (Å²) < 4.78 is 5.56. The van der Waals surface area contributed by atoms with Crippen LogP contribution in [-0.4, -0.2) is 29.1 Å². The molecule has 0 radical (unpaired) electrons. The van der Waals surface area contributed by atoms with Gasteiger partial charge in [-0.25, -0.2) is 0 Å². The van der Waals surface area contributed by atoms with Crippen LogP contribution >= 0.6 is 0 Å². The first-order chi connectivity index (χ1) is 9.97. The van der Waals surface area contributed by atoms with E-state index < -0.39 is 11.9 Å². The van der Waals surface area contributed by atoms with Crippen molar-refractivity contribution in [1.29, 1.82) is 0 Å². The average Bonchev–Trinajstić information content (AvgIpc) is 2.86. The van der Waals surface area contributed by atoms with Gasteiger partial charge in [0.15, 0.2) is 0 Å². The molecule has 5 nitrogen and oxygen atoms in total. The first-order valence-corrected chi connectivity index (χ1v) is 7.27. The van der Waals surface area contributed by atoms with Crippen molar-refractivity contribution >= 4 is 11.9 Å². The van der Waals surface area contributed by atoms with Crippen molar-refractivity contribution in [3.63, 3.8) is 0 Å². The van der Waals surface area contributed by atoms with E-state index in [1.807, 2.05) is 13.8 Å². The minimum atomic E-state index is -0.838. The normalized spacial score (nSPS) is 21.3. The molecule has 2 rings (SSSR count). The van der Waals surface area contributed by atoms with E-state index >= 15 is 0 Å². The maximum atomic E-state index is 12.2. The van der Waals surface area contributed by atoms with Crippen LogP contribution in [0.15, 0.2) is 24.3 Å². The molecule has 2 N–H and O–H groups in total. The van der Waals surface area contributed by atoms with E-state index in [1.54, 1.807) is 24.3 Å². The van der Waals surface area contributed by atoms with E-state index in [2.05, 4.69) is 5.32 Å². The number of carbonyl (C=O) groups is 2. The van der Waals surface area contributed by atoms with Crippen molar-refractivity contribution in [3.05, 3.63) is 29.8 Å². The van der Waals surface area contributed by atoms with Crippen LogP contribution in [-0.2, 0) is 4.79 Å². The Bertz CT molecular complexity index is 527. The highest BCUT2D eigenvalue weighted by Gasteiger charge is 2.34. The number of hydrogen-bond acceptors (Lipinski definition) is 3. The highest BCUT2D eigenvalue weighted by atomic mass is 16.5. The number of carboxylic acids is 1. The van der Waals surface area contributed by atoms with E-state index in [0.717, 1.165) is 6.42 Å². The Morgan fingerprint density at radius 1 is 1.33 bits per heavy atom. The molecule has 2 unspecified atom stereocenters. The molecule has 5 heteroatoms. The van der Waals surface area contributed by atoms with E-state index in [1.165, 1.54) is 0 Å². The zero-order chi connectivity index (χ0) is 15.4. The summed E-state index contributed by atoms with van der Waals surface area (Å²) in [6.07, 6.45) is 2.20. The molecular formula is C16H21NO4. The molecule has 21 heavy (non-hydrogen) atoms. The molecule has 114 valence electrons. The predicted molar refractivity (Wildman–Crippen MR) is 78.4 cm³/mol. The van der Waals surface area contributed by atoms with Crippen molar-refractivity contribution in [2.45, 2.75) is 45.3 Å². The fourth-order valence-electron chi connectivity index (χ4n) is 2.66. The van der Waals surface area contributed by atoms with Gasteiger partial charge in [0.25, 0.3) is 5.91 Å². The Morgan fingerprint density at radius 3 is 2.76 bits per heavy atom. The van der Waals surface area contributed by atoms with Gasteiger partial charge in [0.05, 0.1) is 12.0 Å². The van der Waals surface area contributed by atoms with Crippen molar-refractivity contribution in [2.75, 3.05) is 0 Å². The summed E-state index contributed by atoms with van der Waals surface area (Å²) in [6.45, 7) is 3.84. The van der Waals surface area contributed by atoms with Gasteiger partial charge >= 0.3 is 5.97 Å². The standard InChI is InChI=1S/C16H21NO4/c1-10(2)21-12-6-3-5-11(9-12)15(18)17-14-8-4-7-13(14)16(19)20/h3,5-6,9-10,13-14H,4,7-8H2,1-2H3,(H,17,18)(H,19,20). The number of carboxylic acid groups (broad SMARTS) is 1. The summed E-state index contributed by atoms with van der Waals surface area (Å²) in [5, 5.41) is 12.0. The molecule has 0 bridgehead atoms. The molecule has 1 aromatic rings. The Balaban J connectivity index is 2.04. The van der Waals surface area contributed by atoms with Crippen LogP contribution in [0, 0.1) is 5.92 Å². The Labute approximate surface area is 124 Å². The number of ether oxygens (including phenoxy) is 1. The van der Waals surface area contributed by atoms with Gasteiger partial charge in [-0.05, 0) is 44.9 Å². The summed E-state index contributed by atoms with van der Waals surface area (Å²) in [7, 11) is 0. The number of rotatable bonds is 5. The number of nitrogens with one attached hydrogen (secondary N) is 1. The number of benzene rings is 1. The number of carbonyl (C=O) groups excluding carboxylic acids is 1. The van der Waals surface area contributed by atoms with Crippen molar-refractivity contribution < 1.29 is 19.4 Å². The predicted octanol–water partition coefficient (Wildman–Crippen LogP) is 2.46. The minimum absolute atomic E-state index is 0.0366. The first kappa shape index (κ1) is 15.4. The topological polar surface area (TPSA) is 75.6 Å². The van der Waals surface area contributed by atoms with Crippen LogP contribution in [0.3, 0.4) is 0 Å². The summed E-state index contributed by atoms with van der Waals surface area (Å²) in [5.41, 5.74) is 0.490. The maximum Gasteiger partial charge on any atom is 0.308 e. The fraction of sp³-hybridized carbons (Fsp3) is 0.500. The second-order valence-electron chi connectivity index (χ2n) is 5.65. The van der Waals surface area contributed by atoms with Crippen molar-refractivity contribution in [2.24, 2.45) is 5.92 Å². The second kappa shape index (κ2) is 6.61. The van der Waals surface area contributed by atoms with E-state index in [9.17, 15) is 9.59 Å². The van der Waals surface area contributed by atoms with Crippen LogP contribution in [0.5, 0.6) is 5.75 Å². The molecule has 1 aliphatic carbocycles. The summed E-state index contributed by atoms with van der Waals surface area (Å²) in [6, 6.07) is 6.65. The second-order valence-corrected chi connectivity index (χ2v) is 5.65. The van der Waals surface area contributed by atoms with Gasteiger partial charge in [-0.3, -0.25) is 9.59 Å². The SMILES string of the molecule is CC(C)Oc1cccc(C(=O)NC2CCCC2C(=O)O)c1. The van der Waals surface area contributed by atoms with E-state index in [0.29, 0.717) is 24.2 Å². The monoisotopic (exact) mass is 291 g/mol. The lowest BCUT2D eigenvalue weighted by atomic mass is 10.0. The molecule has 1 aliphatic rings. The smallest absolute Gasteiger partial charge is 0.308 e. The Hall–Kier alpha value is -2.04. The van der Waals surface area contributed by atoms with Crippen LogP contribution in [0.4, 0.5) is 0 Å². The third kappa shape index (κ3) is 3.97. The highest BCUT2D eigenvalue weighted by molar-refractivity contribution is 5.95. The van der Waals surface area contributed by atoms with Gasteiger partial charge in [0.2, 0.25) is 0 Å². The summed E-state index contributed by atoms with van der Waals surface area (Å²) in [4.78, 5) is 23.4. The molecule has 1 amide bonds. The zero-order valence-electron chi connectivity index (χ0n) is 12.3. The fourth-order valence-corrected chi connectivity index (χ4v) is 2.66.